The van der Waals surface area contributed by atoms with E-state index in [2.05, 4.69) is 39.2 Å². The fourth-order valence-electron chi connectivity index (χ4n) is 1.97. The summed E-state index contributed by atoms with van der Waals surface area (Å²) >= 11 is 2.22. The minimum Gasteiger partial charge on any atom is -0.493 e. The molecule has 0 fully saturated rings. The van der Waals surface area contributed by atoms with Crippen LogP contribution >= 0.6 is 22.6 Å². The lowest BCUT2D eigenvalue weighted by atomic mass is 10.2. The molecule has 1 N–H and O–H groups in total. The number of nitrogens with zero attached hydrogens (tertiary/aromatic N) is 2. The number of hydrogen-bond donors (Lipinski definition) is 1. The fourth-order valence-corrected chi connectivity index (χ4v) is 2.72. The van der Waals surface area contributed by atoms with Crippen LogP contribution in [0, 0.1) is 14.9 Å². The van der Waals surface area contributed by atoms with E-state index in [0.29, 0.717) is 11.3 Å². The molecule has 0 spiro atoms. The number of nitrogens with one attached hydrogen (secondary N) is 1. The van der Waals surface area contributed by atoms with Crippen LogP contribution in [0.1, 0.15) is 25.0 Å². The third-order valence-electron chi connectivity index (χ3n) is 3.03. The molecule has 0 unspecified atom stereocenters. The van der Waals surface area contributed by atoms with Crippen molar-refractivity contribution >= 4 is 34.5 Å². The topological polar surface area (TPSA) is 66.6 Å². The standard InChI is InChI=1S/C18H18IN3O2/c1-12(2)24-18-16(19)8-14(9-17(18)23-3)11-21-22-15-6-4-13(10-20)5-7-15/h4-9,11-12,22H,1-3H3/b21-11-. The summed E-state index contributed by atoms with van der Waals surface area (Å²) in [4.78, 5) is 0. The van der Waals surface area contributed by atoms with Gasteiger partial charge in [-0.05, 0) is 78.4 Å². The van der Waals surface area contributed by atoms with Crippen LogP contribution in [0.25, 0.3) is 0 Å². The van der Waals surface area contributed by atoms with Crippen LogP contribution in [0.4, 0.5) is 5.69 Å². The summed E-state index contributed by atoms with van der Waals surface area (Å²) < 4.78 is 12.2. The van der Waals surface area contributed by atoms with Crippen LogP contribution in [-0.4, -0.2) is 19.4 Å². The number of halogens is 1. The van der Waals surface area contributed by atoms with E-state index in [9.17, 15) is 0 Å². The van der Waals surface area contributed by atoms with Crippen molar-refractivity contribution in [3.8, 4) is 17.6 Å². The average molecular weight is 435 g/mol. The molecule has 0 atom stereocenters. The van der Waals surface area contributed by atoms with Gasteiger partial charge in [0.1, 0.15) is 0 Å². The van der Waals surface area contributed by atoms with Gasteiger partial charge < -0.3 is 9.47 Å². The van der Waals surface area contributed by atoms with E-state index in [0.717, 1.165) is 20.6 Å². The highest BCUT2D eigenvalue weighted by atomic mass is 127. The third-order valence-corrected chi connectivity index (χ3v) is 3.83. The SMILES string of the molecule is COc1cc(/C=N\Nc2ccc(C#N)cc2)cc(I)c1OC(C)C. The molecule has 0 aromatic heterocycles. The molecule has 0 aliphatic carbocycles. The monoisotopic (exact) mass is 435 g/mol. The lowest BCUT2D eigenvalue weighted by molar-refractivity contribution is 0.228. The van der Waals surface area contributed by atoms with Crippen molar-refractivity contribution in [1.29, 1.82) is 5.26 Å². The number of methoxy groups -OCH3 is 1. The minimum atomic E-state index is 0.0741. The van der Waals surface area contributed by atoms with E-state index in [1.807, 2.05) is 26.0 Å². The van der Waals surface area contributed by atoms with Crippen LogP contribution in [0.5, 0.6) is 11.5 Å². The Morgan fingerprint density at radius 3 is 2.54 bits per heavy atom. The van der Waals surface area contributed by atoms with Gasteiger partial charge in [-0.15, -0.1) is 0 Å². The number of hydrazone groups is 1. The van der Waals surface area contributed by atoms with Crippen molar-refractivity contribution in [3.63, 3.8) is 0 Å². The summed E-state index contributed by atoms with van der Waals surface area (Å²) in [5.74, 6) is 1.42. The molecule has 124 valence electrons. The van der Waals surface area contributed by atoms with Crippen LogP contribution in [0.3, 0.4) is 0 Å². The fraction of sp³-hybridized carbons (Fsp3) is 0.222. The first-order valence-corrected chi connectivity index (χ1v) is 8.44. The number of hydrogen-bond acceptors (Lipinski definition) is 5. The summed E-state index contributed by atoms with van der Waals surface area (Å²) in [6, 6.07) is 13.0. The Labute approximate surface area is 155 Å². The summed E-state index contributed by atoms with van der Waals surface area (Å²) in [6.45, 7) is 3.96. The number of benzene rings is 2. The average Bonchev–Trinajstić information content (AvgIpc) is 2.57. The van der Waals surface area contributed by atoms with Crippen molar-refractivity contribution in [3.05, 3.63) is 51.1 Å². The summed E-state index contributed by atoms with van der Waals surface area (Å²) in [7, 11) is 1.62. The number of ether oxygens (including phenoxy) is 2. The molecule has 2 aromatic rings. The second-order valence-corrected chi connectivity index (χ2v) is 6.42. The molecule has 2 rings (SSSR count). The Morgan fingerprint density at radius 2 is 1.96 bits per heavy atom. The molecule has 5 nitrogen and oxygen atoms in total. The number of anilines is 1. The second kappa shape index (κ2) is 8.55. The van der Waals surface area contributed by atoms with Gasteiger partial charge in [0.05, 0.1) is 40.3 Å². The Bertz CT molecular complexity index is 765. The zero-order valence-electron chi connectivity index (χ0n) is 13.7. The predicted octanol–water partition coefficient (Wildman–Crippen LogP) is 4.40. The molecular weight excluding hydrogens is 417 g/mol. The molecule has 0 amide bonds. The molecule has 24 heavy (non-hydrogen) atoms. The maximum Gasteiger partial charge on any atom is 0.174 e. The molecule has 6 heteroatoms. The molecule has 0 saturated heterocycles. The van der Waals surface area contributed by atoms with Crippen molar-refractivity contribution in [2.24, 2.45) is 5.10 Å². The maximum absolute atomic E-state index is 8.78. The molecule has 0 radical (unpaired) electrons. The smallest absolute Gasteiger partial charge is 0.174 e. The molecule has 0 aliphatic rings. The zero-order chi connectivity index (χ0) is 17.5. The highest BCUT2D eigenvalue weighted by Crippen LogP contribution is 2.34. The lowest BCUT2D eigenvalue weighted by Crippen LogP contribution is -2.08. The van der Waals surface area contributed by atoms with Crippen molar-refractivity contribution in [2.45, 2.75) is 20.0 Å². The quantitative estimate of drug-likeness (QED) is 0.415. The van der Waals surface area contributed by atoms with E-state index in [-0.39, 0.29) is 6.10 Å². The molecule has 0 heterocycles. The van der Waals surface area contributed by atoms with Crippen LogP contribution < -0.4 is 14.9 Å². The molecular formula is C18H18IN3O2. The summed E-state index contributed by atoms with van der Waals surface area (Å²) in [5.41, 5.74) is 5.26. The zero-order valence-corrected chi connectivity index (χ0v) is 15.9. The highest BCUT2D eigenvalue weighted by molar-refractivity contribution is 14.1. The van der Waals surface area contributed by atoms with Gasteiger partial charge in [-0.25, -0.2) is 0 Å². The van der Waals surface area contributed by atoms with Gasteiger partial charge in [0.15, 0.2) is 11.5 Å². The van der Waals surface area contributed by atoms with E-state index in [4.69, 9.17) is 14.7 Å². The second-order valence-electron chi connectivity index (χ2n) is 5.26. The predicted molar refractivity (Wildman–Crippen MR) is 104 cm³/mol. The van der Waals surface area contributed by atoms with Gasteiger partial charge in [0, 0.05) is 0 Å². The Morgan fingerprint density at radius 1 is 1.25 bits per heavy atom. The Kier molecular flexibility index (Phi) is 6.44. The molecule has 0 bridgehead atoms. The van der Waals surface area contributed by atoms with Crippen molar-refractivity contribution < 1.29 is 9.47 Å². The normalized spacial score (nSPS) is 10.7. The Balaban J connectivity index is 2.14. The first-order chi connectivity index (χ1) is 11.5. The molecule has 0 saturated carbocycles. The van der Waals surface area contributed by atoms with E-state index in [1.54, 1.807) is 37.6 Å². The van der Waals surface area contributed by atoms with Gasteiger partial charge >= 0.3 is 0 Å². The van der Waals surface area contributed by atoms with Crippen LogP contribution in [0.15, 0.2) is 41.5 Å². The van der Waals surface area contributed by atoms with Crippen molar-refractivity contribution in [2.75, 3.05) is 12.5 Å². The van der Waals surface area contributed by atoms with Crippen LogP contribution in [0.2, 0.25) is 0 Å². The molecule has 0 aliphatic heterocycles. The van der Waals surface area contributed by atoms with E-state index in [1.165, 1.54) is 0 Å². The largest absolute Gasteiger partial charge is 0.493 e. The highest BCUT2D eigenvalue weighted by Gasteiger charge is 2.12. The number of rotatable bonds is 6. The number of nitriles is 1. The Hall–Kier alpha value is -2.27. The van der Waals surface area contributed by atoms with Gasteiger partial charge in [0.2, 0.25) is 0 Å². The van der Waals surface area contributed by atoms with Gasteiger partial charge in [-0.1, -0.05) is 0 Å². The first-order valence-electron chi connectivity index (χ1n) is 7.37. The van der Waals surface area contributed by atoms with E-state index < -0.39 is 0 Å². The van der Waals surface area contributed by atoms with Crippen molar-refractivity contribution in [1.82, 2.24) is 0 Å². The summed E-state index contributed by atoms with van der Waals surface area (Å²) in [6.07, 6.45) is 1.78. The minimum absolute atomic E-state index is 0.0741. The van der Waals surface area contributed by atoms with Gasteiger partial charge in [-0.3, -0.25) is 5.43 Å². The van der Waals surface area contributed by atoms with E-state index >= 15 is 0 Å². The third kappa shape index (κ3) is 4.86. The summed E-state index contributed by atoms with van der Waals surface area (Å²) in [5, 5.41) is 13.0. The van der Waals surface area contributed by atoms with Gasteiger partial charge in [0.25, 0.3) is 0 Å². The lowest BCUT2D eigenvalue weighted by Gasteiger charge is -2.15. The molecule has 2 aromatic carbocycles. The van der Waals surface area contributed by atoms with Crippen LogP contribution in [-0.2, 0) is 0 Å². The first kappa shape index (κ1) is 18.1. The maximum atomic E-state index is 8.78. The van der Waals surface area contributed by atoms with Gasteiger partial charge in [-0.2, -0.15) is 10.4 Å².